The molecular weight excluding hydrogens is 360 g/mol. The minimum absolute atomic E-state index is 0.158. The molecule has 0 unspecified atom stereocenters. The maximum absolute atomic E-state index is 12.3. The van der Waals surface area contributed by atoms with Gasteiger partial charge in [-0.25, -0.2) is 4.79 Å². The molecule has 28 heavy (non-hydrogen) atoms. The van der Waals surface area contributed by atoms with Crippen LogP contribution in [0.4, 0.5) is 5.69 Å². The number of amides is 3. The highest BCUT2D eigenvalue weighted by Crippen LogP contribution is 2.23. The summed E-state index contributed by atoms with van der Waals surface area (Å²) in [6.07, 6.45) is 0.516. The molecule has 2 aromatic rings. The van der Waals surface area contributed by atoms with E-state index in [-0.39, 0.29) is 30.7 Å². The van der Waals surface area contributed by atoms with E-state index in [4.69, 9.17) is 0 Å². The second kappa shape index (κ2) is 8.04. The Bertz CT molecular complexity index is 932. The highest BCUT2D eigenvalue weighted by molar-refractivity contribution is 6.21. The van der Waals surface area contributed by atoms with Crippen LogP contribution in [-0.4, -0.2) is 42.2 Å². The predicted molar refractivity (Wildman–Crippen MR) is 102 cm³/mol. The molecule has 0 fully saturated rings. The van der Waals surface area contributed by atoms with Gasteiger partial charge in [-0.2, -0.15) is 0 Å². The summed E-state index contributed by atoms with van der Waals surface area (Å²) in [5.41, 5.74) is 2.54. The smallest absolute Gasteiger partial charge is 0.337 e. The first kappa shape index (κ1) is 19.3. The van der Waals surface area contributed by atoms with Crippen LogP contribution in [0.5, 0.6) is 0 Å². The number of hydrogen-bond donors (Lipinski definition) is 1. The Labute approximate surface area is 162 Å². The van der Waals surface area contributed by atoms with E-state index in [1.165, 1.54) is 12.0 Å². The Balaban J connectivity index is 1.54. The molecule has 1 heterocycles. The van der Waals surface area contributed by atoms with Gasteiger partial charge in [0.2, 0.25) is 5.91 Å². The number of imide groups is 1. The van der Waals surface area contributed by atoms with Gasteiger partial charge in [0.1, 0.15) is 0 Å². The molecule has 3 amide bonds. The van der Waals surface area contributed by atoms with Gasteiger partial charge >= 0.3 is 5.97 Å². The lowest BCUT2D eigenvalue weighted by atomic mass is 10.1. The average Bonchev–Trinajstić information content (AvgIpc) is 2.94. The molecule has 144 valence electrons. The van der Waals surface area contributed by atoms with E-state index in [0.717, 1.165) is 5.56 Å². The van der Waals surface area contributed by atoms with Crippen LogP contribution >= 0.6 is 0 Å². The van der Waals surface area contributed by atoms with Crippen LogP contribution in [-0.2, 0) is 9.53 Å². The first-order chi connectivity index (χ1) is 13.4. The molecule has 1 aliphatic heterocycles. The first-order valence-electron chi connectivity index (χ1n) is 8.86. The van der Waals surface area contributed by atoms with Crippen molar-refractivity contribution in [3.63, 3.8) is 0 Å². The molecule has 0 aliphatic carbocycles. The highest BCUT2D eigenvalue weighted by atomic mass is 16.5. The molecule has 7 heteroatoms. The van der Waals surface area contributed by atoms with Crippen LogP contribution in [0.3, 0.4) is 0 Å². The van der Waals surface area contributed by atoms with E-state index in [1.54, 1.807) is 49.4 Å². The molecular formula is C21H20N2O5. The van der Waals surface area contributed by atoms with Gasteiger partial charge < -0.3 is 10.1 Å². The zero-order valence-electron chi connectivity index (χ0n) is 15.7. The summed E-state index contributed by atoms with van der Waals surface area (Å²) < 4.78 is 4.67. The van der Waals surface area contributed by atoms with Crippen molar-refractivity contribution >= 4 is 29.4 Å². The number of methoxy groups -OCH3 is 1. The zero-order chi connectivity index (χ0) is 20.3. The normalized spacial score (nSPS) is 12.7. The molecule has 0 saturated carbocycles. The summed E-state index contributed by atoms with van der Waals surface area (Å²) in [4.78, 5) is 49.5. The SMILES string of the molecule is COC(=O)c1ccc(NC(=O)CCCN2C(=O)c3ccccc3C2=O)c(C)c1. The van der Waals surface area contributed by atoms with Gasteiger partial charge in [-0.05, 0) is 49.2 Å². The van der Waals surface area contributed by atoms with Crippen LogP contribution in [0, 0.1) is 6.92 Å². The van der Waals surface area contributed by atoms with Crippen LogP contribution < -0.4 is 5.32 Å². The number of anilines is 1. The quantitative estimate of drug-likeness (QED) is 0.614. The minimum atomic E-state index is -0.443. The van der Waals surface area contributed by atoms with Crippen molar-refractivity contribution in [2.45, 2.75) is 19.8 Å². The van der Waals surface area contributed by atoms with E-state index in [0.29, 0.717) is 28.8 Å². The fourth-order valence-electron chi connectivity index (χ4n) is 3.10. The fourth-order valence-corrected chi connectivity index (χ4v) is 3.10. The minimum Gasteiger partial charge on any atom is -0.465 e. The van der Waals surface area contributed by atoms with Gasteiger partial charge in [0.15, 0.2) is 0 Å². The van der Waals surface area contributed by atoms with E-state index >= 15 is 0 Å². The number of carbonyl (C=O) groups is 4. The van der Waals surface area contributed by atoms with Gasteiger partial charge in [-0.3, -0.25) is 19.3 Å². The van der Waals surface area contributed by atoms with Crippen LogP contribution in [0.1, 0.15) is 49.5 Å². The molecule has 0 radical (unpaired) electrons. The number of nitrogens with zero attached hydrogens (tertiary/aromatic N) is 1. The first-order valence-corrected chi connectivity index (χ1v) is 8.86. The zero-order valence-corrected chi connectivity index (χ0v) is 15.7. The van der Waals surface area contributed by atoms with Crippen LogP contribution in [0.25, 0.3) is 0 Å². The lowest BCUT2D eigenvalue weighted by molar-refractivity contribution is -0.116. The van der Waals surface area contributed by atoms with Crippen molar-refractivity contribution in [1.82, 2.24) is 4.90 Å². The average molecular weight is 380 g/mol. The third kappa shape index (κ3) is 3.78. The summed E-state index contributed by atoms with van der Waals surface area (Å²) >= 11 is 0. The van der Waals surface area contributed by atoms with E-state index in [1.807, 2.05) is 0 Å². The molecule has 0 spiro atoms. The third-order valence-corrected chi connectivity index (χ3v) is 4.59. The molecule has 7 nitrogen and oxygen atoms in total. The van der Waals surface area contributed by atoms with Gasteiger partial charge in [0, 0.05) is 18.7 Å². The maximum atomic E-state index is 12.3. The Morgan fingerprint density at radius 1 is 1.04 bits per heavy atom. The van der Waals surface area contributed by atoms with Crippen molar-refractivity contribution < 1.29 is 23.9 Å². The maximum Gasteiger partial charge on any atom is 0.337 e. The van der Waals surface area contributed by atoms with Crippen molar-refractivity contribution in [2.24, 2.45) is 0 Å². The molecule has 1 N–H and O–H groups in total. The van der Waals surface area contributed by atoms with Gasteiger partial charge in [0.05, 0.1) is 23.8 Å². The molecule has 1 aliphatic rings. The molecule has 0 bridgehead atoms. The number of rotatable bonds is 6. The Morgan fingerprint density at radius 3 is 2.25 bits per heavy atom. The van der Waals surface area contributed by atoms with Crippen molar-refractivity contribution in [3.8, 4) is 0 Å². The van der Waals surface area contributed by atoms with E-state index in [2.05, 4.69) is 10.1 Å². The van der Waals surface area contributed by atoms with Crippen molar-refractivity contribution in [2.75, 3.05) is 19.0 Å². The number of ether oxygens (including phenoxy) is 1. The van der Waals surface area contributed by atoms with Gasteiger partial charge in [0.25, 0.3) is 11.8 Å². The Kier molecular flexibility index (Phi) is 5.54. The Morgan fingerprint density at radius 2 is 1.68 bits per heavy atom. The predicted octanol–water partition coefficient (Wildman–Crippen LogP) is 2.80. The number of nitrogens with one attached hydrogen (secondary N) is 1. The fraction of sp³-hybridized carbons (Fsp3) is 0.238. The Hall–Kier alpha value is -3.48. The largest absolute Gasteiger partial charge is 0.465 e. The highest BCUT2D eigenvalue weighted by Gasteiger charge is 2.34. The van der Waals surface area contributed by atoms with E-state index < -0.39 is 5.97 Å². The summed E-state index contributed by atoms with van der Waals surface area (Å²) in [6, 6.07) is 11.5. The molecule has 0 atom stereocenters. The molecule has 3 rings (SSSR count). The van der Waals surface area contributed by atoms with Crippen molar-refractivity contribution in [3.05, 3.63) is 64.7 Å². The summed E-state index contributed by atoms with van der Waals surface area (Å²) in [5, 5.41) is 2.78. The van der Waals surface area contributed by atoms with Crippen LogP contribution in [0.2, 0.25) is 0 Å². The molecule has 0 saturated heterocycles. The van der Waals surface area contributed by atoms with Crippen LogP contribution in [0.15, 0.2) is 42.5 Å². The second-order valence-electron chi connectivity index (χ2n) is 6.48. The summed E-state index contributed by atoms with van der Waals surface area (Å²) in [6.45, 7) is 1.96. The summed E-state index contributed by atoms with van der Waals surface area (Å²) in [7, 11) is 1.31. The van der Waals surface area contributed by atoms with Gasteiger partial charge in [-0.1, -0.05) is 12.1 Å². The lowest BCUT2D eigenvalue weighted by Crippen LogP contribution is -2.31. The molecule has 2 aromatic carbocycles. The lowest BCUT2D eigenvalue weighted by Gasteiger charge is -2.14. The van der Waals surface area contributed by atoms with Crippen molar-refractivity contribution in [1.29, 1.82) is 0 Å². The number of esters is 1. The van der Waals surface area contributed by atoms with E-state index in [9.17, 15) is 19.2 Å². The second-order valence-corrected chi connectivity index (χ2v) is 6.48. The third-order valence-electron chi connectivity index (χ3n) is 4.59. The number of benzene rings is 2. The topological polar surface area (TPSA) is 92.8 Å². The number of aryl methyl sites for hydroxylation is 1. The number of carbonyl (C=O) groups excluding carboxylic acids is 4. The monoisotopic (exact) mass is 380 g/mol. The van der Waals surface area contributed by atoms with Gasteiger partial charge in [-0.15, -0.1) is 0 Å². The standard InChI is InChI=1S/C21H20N2O5/c1-13-12-14(21(27)28-2)9-10-17(13)22-18(24)8-5-11-23-19(25)15-6-3-4-7-16(15)20(23)26/h3-4,6-7,9-10,12H,5,8,11H2,1-2H3,(H,22,24). The number of hydrogen-bond acceptors (Lipinski definition) is 5. The molecule has 0 aromatic heterocycles. The number of fused-ring (bicyclic) bond motifs is 1. The summed E-state index contributed by atoms with van der Waals surface area (Å²) in [5.74, 6) is -1.32.